The van der Waals surface area contributed by atoms with E-state index in [-0.39, 0.29) is 13.1 Å². The van der Waals surface area contributed by atoms with Gasteiger partial charge in [-0.1, -0.05) is 148 Å². The molecule has 0 radical (unpaired) electrons. The second-order valence-electron chi connectivity index (χ2n) is 13.3. The van der Waals surface area contributed by atoms with Crippen LogP contribution in [0.5, 0.6) is 0 Å². The minimum absolute atomic E-state index is 0.0508. The van der Waals surface area contributed by atoms with Crippen LogP contribution in [0.2, 0.25) is 0 Å². The van der Waals surface area contributed by atoms with Crippen LogP contribution in [0.3, 0.4) is 0 Å². The van der Waals surface area contributed by atoms with E-state index in [1.54, 1.807) is 0 Å². The molecule has 0 aromatic rings. The number of carbonyl (C=O) groups is 2. The SMILES string of the molecule is CCCCCCCC/C=C\NCCCCCCCC(CCCCCCCCNC(=O)C(F)(F)F)CCCCCCCNC(=O)C(F)(F)F. The van der Waals surface area contributed by atoms with Crippen molar-refractivity contribution in [3.8, 4) is 0 Å². The number of amides is 2. The van der Waals surface area contributed by atoms with Crippen molar-refractivity contribution in [2.24, 2.45) is 5.92 Å². The number of carbonyl (C=O) groups excluding carboxylic acids is 2. The van der Waals surface area contributed by atoms with Crippen molar-refractivity contribution in [1.82, 2.24) is 16.0 Å². The highest BCUT2D eigenvalue weighted by atomic mass is 19.4. The van der Waals surface area contributed by atoms with Gasteiger partial charge in [-0.15, -0.1) is 0 Å². The molecule has 11 heteroatoms. The molecule has 0 aliphatic carbocycles. The average Bonchev–Trinajstić information content (AvgIpc) is 3.03. The van der Waals surface area contributed by atoms with Crippen LogP contribution in [0.25, 0.3) is 0 Å². The van der Waals surface area contributed by atoms with Crippen LogP contribution in [0.1, 0.15) is 174 Å². The van der Waals surface area contributed by atoms with Crippen LogP contribution < -0.4 is 16.0 Å². The van der Waals surface area contributed by atoms with Gasteiger partial charge in [-0.25, -0.2) is 0 Å². The van der Waals surface area contributed by atoms with Crippen LogP contribution in [-0.4, -0.2) is 43.8 Å². The van der Waals surface area contributed by atoms with Gasteiger partial charge in [0.25, 0.3) is 0 Å². The lowest BCUT2D eigenvalue weighted by atomic mass is 9.89. The highest BCUT2D eigenvalue weighted by Crippen LogP contribution is 2.25. The van der Waals surface area contributed by atoms with Crippen molar-refractivity contribution in [3.05, 3.63) is 12.3 Å². The smallest absolute Gasteiger partial charge is 0.391 e. The third kappa shape index (κ3) is 31.3. The molecular weight excluding hydrogens is 632 g/mol. The van der Waals surface area contributed by atoms with Crippen molar-refractivity contribution in [1.29, 1.82) is 0 Å². The minimum atomic E-state index is -4.82. The van der Waals surface area contributed by atoms with Gasteiger partial charge in [-0.05, 0) is 44.2 Å². The summed E-state index contributed by atoms with van der Waals surface area (Å²) >= 11 is 0. The van der Waals surface area contributed by atoms with Crippen LogP contribution in [0.4, 0.5) is 26.3 Å². The summed E-state index contributed by atoms with van der Waals surface area (Å²) in [6.45, 7) is 3.37. The molecule has 284 valence electrons. The minimum Gasteiger partial charge on any atom is -0.391 e. The number of allylic oxidation sites excluding steroid dienone is 1. The van der Waals surface area contributed by atoms with Crippen molar-refractivity contribution < 1.29 is 35.9 Å². The van der Waals surface area contributed by atoms with E-state index in [1.165, 1.54) is 83.5 Å². The number of hydrogen-bond donors (Lipinski definition) is 3. The lowest BCUT2D eigenvalue weighted by molar-refractivity contribution is -0.173. The van der Waals surface area contributed by atoms with Gasteiger partial charge in [0.15, 0.2) is 0 Å². The summed E-state index contributed by atoms with van der Waals surface area (Å²) in [5, 5.41) is 7.26. The monoisotopic (exact) mass is 700 g/mol. The topological polar surface area (TPSA) is 70.2 Å². The van der Waals surface area contributed by atoms with E-state index in [0.29, 0.717) is 18.8 Å². The lowest BCUT2D eigenvalue weighted by Crippen LogP contribution is -2.37. The van der Waals surface area contributed by atoms with Crippen molar-refractivity contribution >= 4 is 11.8 Å². The first-order chi connectivity index (χ1) is 23.0. The zero-order chi connectivity index (χ0) is 35.8. The highest BCUT2D eigenvalue weighted by Gasteiger charge is 2.38. The second kappa shape index (κ2) is 31.1. The fraction of sp³-hybridized carbons (Fsp3) is 0.892. The van der Waals surface area contributed by atoms with Gasteiger partial charge < -0.3 is 16.0 Å². The van der Waals surface area contributed by atoms with Crippen LogP contribution in [0.15, 0.2) is 12.3 Å². The Morgan fingerprint density at radius 3 is 1.27 bits per heavy atom. The molecule has 0 aromatic heterocycles. The molecule has 2 amide bonds. The Morgan fingerprint density at radius 2 is 0.854 bits per heavy atom. The van der Waals surface area contributed by atoms with Gasteiger partial charge >= 0.3 is 24.2 Å². The Kier molecular flexibility index (Phi) is 29.8. The molecule has 3 N–H and O–H groups in total. The van der Waals surface area contributed by atoms with E-state index in [2.05, 4.69) is 24.5 Å². The Hall–Kier alpha value is -1.94. The Morgan fingerprint density at radius 1 is 0.500 bits per heavy atom. The van der Waals surface area contributed by atoms with Crippen LogP contribution in [-0.2, 0) is 9.59 Å². The molecule has 5 nitrogen and oxygen atoms in total. The van der Waals surface area contributed by atoms with Gasteiger partial charge in [-0.2, -0.15) is 26.3 Å². The molecule has 0 aromatic carbocycles. The van der Waals surface area contributed by atoms with E-state index in [0.717, 1.165) is 77.2 Å². The van der Waals surface area contributed by atoms with Crippen LogP contribution in [0, 0.1) is 5.92 Å². The predicted octanol–water partition coefficient (Wildman–Crippen LogP) is 11.2. The molecule has 48 heavy (non-hydrogen) atoms. The van der Waals surface area contributed by atoms with E-state index >= 15 is 0 Å². The van der Waals surface area contributed by atoms with Gasteiger partial charge in [-0.3, -0.25) is 9.59 Å². The van der Waals surface area contributed by atoms with Crippen molar-refractivity contribution in [2.45, 2.75) is 186 Å². The van der Waals surface area contributed by atoms with Crippen molar-refractivity contribution in [2.75, 3.05) is 19.6 Å². The summed E-state index contributed by atoms with van der Waals surface area (Å²) in [7, 11) is 0. The lowest BCUT2D eigenvalue weighted by Gasteiger charge is -2.17. The average molecular weight is 700 g/mol. The number of alkyl halides is 6. The van der Waals surface area contributed by atoms with E-state index in [1.807, 2.05) is 10.6 Å². The zero-order valence-corrected chi connectivity index (χ0v) is 29.8. The number of rotatable bonds is 33. The Labute approximate surface area is 287 Å². The van der Waals surface area contributed by atoms with Crippen LogP contribution >= 0.6 is 0 Å². The molecule has 0 saturated carbocycles. The quantitative estimate of drug-likeness (QED) is 0.0472. The molecule has 0 bridgehead atoms. The largest absolute Gasteiger partial charge is 0.471 e. The first kappa shape index (κ1) is 46.1. The number of halogens is 6. The second-order valence-corrected chi connectivity index (χ2v) is 13.3. The van der Waals surface area contributed by atoms with Gasteiger partial charge in [0.2, 0.25) is 0 Å². The number of nitrogens with one attached hydrogen (secondary N) is 3. The molecular formula is C37H67F6N3O2. The van der Waals surface area contributed by atoms with Crippen molar-refractivity contribution in [3.63, 3.8) is 0 Å². The Bertz CT molecular complexity index is 790. The summed E-state index contributed by atoms with van der Waals surface area (Å²) in [6.07, 6.45) is 23.4. The normalized spacial score (nSPS) is 12.8. The molecule has 1 atom stereocenters. The molecule has 0 rings (SSSR count). The number of hydrogen-bond acceptors (Lipinski definition) is 3. The summed E-state index contributed by atoms with van der Waals surface area (Å²) in [5.74, 6) is -3.09. The summed E-state index contributed by atoms with van der Waals surface area (Å²) < 4.78 is 73.5. The maximum Gasteiger partial charge on any atom is 0.471 e. The van der Waals surface area contributed by atoms with Gasteiger partial charge in [0.1, 0.15) is 0 Å². The van der Waals surface area contributed by atoms with Gasteiger partial charge in [0, 0.05) is 19.6 Å². The van der Waals surface area contributed by atoms with E-state index in [9.17, 15) is 35.9 Å². The maximum atomic E-state index is 12.3. The molecule has 0 aliphatic rings. The fourth-order valence-corrected chi connectivity index (χ4v) is 5.87. The molecule has 0 spiro atoms. The maximum absolute atomic E-state index is 12.3. The zero-order valence-electron chi connectivity index (χ0n) is 29.8. The molecule has 0 saturated heterocycles. The third-order valence-corrected chi connectivity index (χ3v) is 8.81. The fourth-order valence-electron chi connectivity index (χ4n) is 5.87. The van der Waals surface area contributed by atoms with E-state index < -0.39 is 24.2 Å². The summed E-state index contributed by atoms with van der Waals surface area (Å²) in [4.78, 5) is 21.7. The molecule has 0 fully saturated rings. The molecule has 0 aliphatic heterocycles. The summed E-state index contributed by atoms with van der Waals surface area (Å²) in [6, 6.07) is 0. The number of unbranched alkanes of at least 4 members (excludes halogenated alkanes) is 19. The standard InChI is InChI=1S/C37H67F6N3O2/c1-2-3-4-5-6-8-15-22-29-44-30-23-16-10-13-20-27-33(28-21-14-11-18-25-32-46-35(48)37(41,42)43)26-19-12-7-9-17-24-31-45-34(47)36(38,39)40/h22,29,33,44H,2-21,23-28,30-32H2,1H3,(H,45,47)(H,46,48)/b29-22-. The first-order valence-electron chi connectivity index (χ1n) is 19.1. The molecule has 1 unspecified atom stereocenters. The van der Waals surface area contributed by atoms with E-state index in [4.69, 9.17) is 0 Å². The van der Waals surface area contributed by atoms with Gasteiger partial charge in [0.05, 0.1) is 0 Å². The third-order valence-electron chi connectivity index (χ3n) is 8.81. The highest BCUT2D eigenvalue weighted by molar-refractivity contribution is 5.81. The summed E-state index contributed by atoms with van der Waals surface area (Å²) in [5.41, 5.74) is 0. The predicted molar refractivity (Wildman–Crippen MR) is 184 cm³/mol. The first-order valence-corrected chi connectivity index (χ1v) is 19.1. The molecule has 0 heterocycles. The Balaban J connectivity index is 4.11.